The van der Waals surface area contributed by atoms with Gasteiger partial charge in [-0.15, -0.1) is 0 Å². The molecule has 0 radical (unpaired) electrons. The summed E-state index contributed by atoms with van der Waals surface area (Å²) in [5.41, 5.74) is 7.75. The lowest BCUT2D eigenvalue weighted by Crippen LogP contribution is -2.09. The summed E-state index contributed by atoms with van der Waals surface area (Å²) in [6.45, 7) is 5.78. The Hall–Kier alpha value is -1.68. The Morgan fingerprint density at radius 1 is 1.32 bits per heavy atom. The van der Waals surface area contributed by atoms with E-state index in [0.717, 1.165) is 17.1 Å². The first-order chi connectivity index (χ1) is 8.88. The highest BCUT2D eigenvalue weighted by molar-refractivity contribution is 6.31. The Morgan fingerprint density at radius 2 is 2.00 bits per heavy atom. The predicted molar refractivity (Wildman–Crippen MR) is 76.0 cm³/mol. The van der Waals surface area contributed by atoms with Crippen LogP contribution in [0.1, 0.15) is 30.0 Å². The molecule has 0 bridgehead atoms. The molecule has 0 aliphatic rings. The Labute approximate surface area is 116 Å². The molecule has 3 nitrogen and oxygen atoms in total. The molecule has 19 heavy (non-hydrogen) atoms. The zero-order chi connectivity index (χ0) is 14.2. The molecule has 0 saturated carbocycles. The van der Waals surface area contributed by atoms with Crippen LogP contribution in [0.4, 0.5) is 15.8 Å². The second-order valence-corrected chi connectivity index (χ2v) is 5.00. The second kappa shape index (κ2) is 5.13. The van der Waals surface area contributed by atoms with Gasteiger partial charge in [-0.3, -0.25) is 0 Å². The molecule has 0 spiro atoms. The number of halogens is 2. The van der Waals surface area contributed by atoms with Gasteiger partial charge in [0.05, 0.1) is 22.4 Å². The van der Waals surface area contributed by atoms with Crippen molar-refractivity contribution in [2.75, 3.05) is 11.1 Å². The van der Waals surface area contributed by atoms with Crippen molar-refractivity contribution in [3.05, 3.63) is 46.1 Å². The van der Waals surface area contributed by atoms with E-state index in [1.807, 2.05) is 26.8 Å². The molecule has 1 aromatic carbocycles. The van der Waals surface area contributed by atoms with Gasteiger partial charge in [0.15, 0.2) is 0 Å². The molecule has 0 fully saturated rings. The average molecular weight is 283 g/mol. The molecule has 1 unspecified atom stereocenters. The van der Waals surface area contributed by atoms with Crippen LogP contribution < -0.4 is 11.1 Å². The number of hydrogen-bond acceptors (Lipinski definition) is 3. The molecule has 0 amide bonds. The maximum Gasteiger partial charge on any atom is 0.143 e. The molecular weight excluding hydrogens is 267 g/mol. The highest BCUT2D eigenvalue weighted by Gasteiger charge is 2.14. The van der Waals surface area contributed by atoms with E-state index in [1.54, 1.807) is 0 Å². The van der Waals surface area contributed by atoms with E-state index < -0.39 is 5.82 Å². The van der Waals surface area contributed by atoms with Crippen LogP contribution in [-0.2, 0) is 0 Å². The van der Waals surface area contributed by atoms with Crippen LogP contribution in [0.25, 0.3) is 0 Å². The molecule has 1 atom stereocenters. The van der Waals surface area contributed by atoms with Crippen LogP contribution in [0.5, 0.6) is 0 Å². The average Bonchev–Trinajstić information content (AvgIpc) is 2.65. The summed E-state index contributed by atoms with van der Waals surface area (Å²) in [5, 5.41) is 3.26. The van der Waals surface area contributed by atoms with Crippen molar-refractivity contribution in [1.29, 1.82) is 0 Å². The van der Waals surface area contributed by atoms with Gasteiger partial charge in [0, 0.05) is 11.6 Å². The van der Waals surface area contributed by atoms with Gasteiger partial charge in [0.25, 0.3) is 0 Å². The fraction of sp³-hybridized carbons (Fsp3) is 0.286. The molecule has 0 saturated heterocycles. The van der Waals surface area contributed by atoms with Crippen LogP contribution in [-0.4, -0.2) is 0 Å². The van der Waals surface area contributed by atoms with Crippen LogP contribution in [0.3, 0.4) is 0 Å². The van der Waals surface area contributed by atoms with E-state index in [1.165, 1.54) is 12.1 Å². The minimum absolute atomic E-state index is 0.0127. The van der Waals surface area contributed by atoms with Crippen molar-refractivity contribution in [2.24, 2.45) is 0 Å². The lowest BCUT2D eigenvalue weighted by Gasteiger charge is -2.16. The van der Waals surface area contributed by atoms with Gasteiger partial charge >= 0.3 is 0 Å². The number of nitrogens with one attached hydrogen (secondary N) is 1. The summed E-state index contributed by atoms with van der Waals surface area (Å²) in [6, 6.07) is 4.66. The third-order valence-corrected chi connectivity index (χ3v) is 3.30. The molecule has 2 aromatic rings. The Morgan fingerprint density at radius 3 is 2.58 bits per heavy atom. The van der Waals surface area contributed by atoms with Crippen molar-refractivity contribution >= 4 is 23.0 Å². The zero-order valence-electron chi connectivity index (χ0n) is 11.1. The van der Waals surface area contributed by atoms with E-state index in [4.69, 9.17) is 21.8 Å². The molecule has 1 heterocycles. The monoisotopic (exact) mass is 282 g/mol. The van der Waals surface area contributed by atoms with Crippen molar-refractivity contribution in [2.45, 2.75) is 26.8 Å². The predicted octanol–water partition coefficient (Wildman–Crippen LogP) is 4.44. The number of benzene rings is 1. The van der Waals surface area contributed by atoms with Crippen molar-refractivity contribution in [1.82, 2.24) is 0 Å². The maximum atomic E-state index is 13.2. The van der Waals surface area contributed by atoms with Gasteiger partial charge < -0.3 is 15.5 Å². The maximum absolute atomic E-state index is 13.2. The quantitative estimate of drug-likeness (QED) is 0.818. The first kappa shape index (κ1) is 13.7. The van der Waals surface area contributed by atoms with Crippen molar-refractivity contribution < 1.29 is 8.81 Å². The summed E-state index contributed by atoms with van der Waals surface area (Å²) < 4.78 is 18.7. The summed E-state index contributed by atoms with van der Waals surface area (Å²) in [4.78, 5) is 0. The fourth-order valence-electron chi connectivity index (χ4n) is 2.08. The zero-order valence-corrected chi connectivity index (χ0v) is 11.8. The first-order valence-electron chi connectivity index (χ1n) is 5.96. The Balaban J connectivity index is 2.26. The van der Waals surface area contributed by atoms with Gasteiger partial charge in [0.1, 0.15) is 17.3 Å². The number of nitrogens with two attached hydrogens (primary N) is 1. The van der Waals surface area contributed by atoms with Crippen LogP contribution >= 0.6 is 11.6 Å². The van der Waals surface area contributed by atoms with E-state index in [-0.39, 0.29) is 11.1 Å². The molecular formula is C14H16ClFN2O. The minimum Gasteiger partial charge on any atom is -0.466 e. The number of rotatable bonds is 3. The summed E-state index contributed by atoms with van der Waals surface area (Å²) in [5.74, 6) is 1.18. The Kier molecular flexibility index (Phi) is 3.71. The standard InChI is InChI=1S/C14H16ClFN2O/c1-7-4-10(9(3)19-7)8(2)18-14-5-11(15)12(16)6-13(14)17/h4-6,8,18H,17H2,1-3H3. The first-order valence-corrected chi connectivity index (χ1v) is 6.34. The fourth-order valence-corrected chi connectivity index (χ4v) is 2.24. The summed E-state index contributed by atoms with van der Waals surface area (Å²) >= 11 is 5.76. The van der Waals surface area contributed by atoms with E-state index in [0.29, 0.717) is 11.4 Å². The Bertz CT molecular complexity index is 610. The smallest absolute Gasteiger partial charge is 0.143 e. The number of anilines is 2. The lowest BCUT2D eigenvalue weighted by atomic mass is 10.1. The molecule has 0 aliphatic carbocycles. The minimum atomic E-state index is -0.521. The SMILES string of the molecule is Cc1cc(C(C)Nc2cc(Cl)c(F)cc2N)c(C)o1. The highest BCUT2D eigenvalue weighted by atomic mass is 35.5. The van der Waals surface area contributed by atoms with Gasteiger partial charge in [-0.1, -0.05) is 11.6 Å². The second-order valence-electron chi connectivity index (χ2n) is 4.59. The highest BCUT2D eigenvalue weighted by Crippen LogP contribution is 2.31. The number of aryl methyl sites for hydroxylation is 2. The summed E-state index contributed by atoms with van der Waals surface area (Å²) in [7, 11) is 0. The molecule has 3 N–H and O–H groups in total. The molecule has 0 aliphatic heterocycles. The van der Waals surface area contributed by atoms with Crippen LogP contribution in [0, 0.1) is 19.7 Å². The molecule has 102 valence electrons. The van der Waals surface area contributed by atoms with Gasteiger partial charge in [-0.25, -0.2) is 4.39 Å². The van der Waals surface area contributed by atoms with Gasteiger partial charge in [-0.05, 0) is 32.9 Å². The number of furan rings is 1. The topological polar surface area (TPSA) is 51.2 Å². The van der Waals surface area contributed by atoms with Crippen molar-refractivity contribution in [3.63, 3.8) is 0 Å². The van der Waals surface area contributed by atoms with E-state index in [2.05, 4.69) is 5.32 Å². The van der Waals surface area contributed by atoms with Crippen LogP contribution in [0.15, 0.2) is 22.6 Å². The van der Waals surface area contributed by atoms with E-state index in [9.17, 15) is 4.39 Å². The van der Waals surface area contributed by atoms with E-state index >= 15 is 0 Å². The molecule has 2 rings (SSSR count). The summed E-state index contributed by atoms with van der Waals surface area (Å²) in [6.07, 6.45) is 0. The third-order valence-electron chi connectivity index (χ3n) is 3.01. The van der Waals surface area contributed by atoms with Crippen molar-refractivity contribution in [3.8, 4) is 0 Å². The number of nitrogen functional groups attached to an aromatic ring is 1. The largest absolute Gasteiger partial charge is 0.466 e. The molecule has 5 heteroatoms. The lowest BCUT2D eigenvalue weighted by molar-refractivity contribution is 0.500. The molecule has 1 aromatic heterocycles. The number of hydrogen-bond donors (Lipinski definition) is 2. The third kappa shape index (κ3) is 2.84. The van der Waals surface area contributed by atoms with Gasteiger partial charge in [-0.2, -0.15) is 0 Å². The van der Waals surface area contributed by atoms with Gasteiger partial charge in [0.2, 0.25) is 0 Å². The normalized spacial score (nSPS) is 12.5. The van der Waals surface area contributed by atoms with Crippen LogP contribution in [0.2, 0.25) is 5.02 Å².